The summed E-state index contributed by atoms with van der Waals surface area (Å²) in [7, 11) is 0. The molecule has 0 radical (unpaired) electrons. The van der Waals surface area contributed by atoms with Crippen LogP contribution in [0, 0.1) is 13.8 Å². The van der Waals surface area contributed by atoms with Gasteiger partial charge in [0.25, 0.3) is 0 Å². The quantitative estimate of drug-likeness (QED) is 0.903. The fourth-order valence-corrected chi connectivity index (χ4v) is 3.93. The van der Waals surface area contributed by atoms with Crippen molar-refractivity contribution >= 4 is 0 Å². The fourth-order valence-electron chi connectivity index (χ4n) is 3.93. The van der Waals surface area contributed by atoms with Crippen LogP contribution in [0.25, 0.3) is 0 Å². The first-order chi connectivity index (χ1) is 9.74. The van der Waals surface area contributed by atoms with Crippen molar-refractivity contribution in [2.45, 2.75) is 64.6 Å². The first-order valence-electron chi connectivity index (χ1n) is 8.26. The van der Waals surface area contributed by atoms with E-state index in [1.165, 1.54) is 61.9 Å². The van der Waals surface area contributed by atoms with Crippen molar-refractivity contribution < 1.29 is 0 Å². The van der Waals surface area contributed by atoms with Gasteiger partial charge in [0.1, 0.15) is 0 Å². The lowest BCUT2D eigenvalue weighted by molar-refractivity contribution is 0.135. The molecular formula is C18H28N2. The Bertz CT molecular complexity index is 427. The van der Waals surface area contributed by atoms with E-state index in [2.05, 4.69) is 42.3 Å². The number of hydrogen-bond acceptors (Lipinski definition) is 2. The highest BCUT2D eigenvalue weighted by atomic mass is 15.2. The van der Waals surface area contributed by atoms with Crippen molar-refractivity contribution in [3.63, 3.8) is 0 Å². The summed E-state index contributed by atoms with van der Waals surface area (Å²) in [6.45, 7) is 7.97. The number of hydrogen-bond donors (Lipinski definition) is 1. The Hall–Kier alpha value is -0.860. The lowest BCUT2D eigenvalue weighted by Crippen LogP contribution is -2.42. The lowest BCUT2D eigenvalue weighted by Gasteiger charge is -2.34. The standard InChI is InChI=1S/C18H28N2/c1-14-7-8-16(15(2)11-14)13-20(17-5-3-4-6-17)18-9-10-19-12-18/h7-8,11,17-19H,3-6,9-10,12-13H2,1-2H3/t18-/m0/s1. The molecule has 2 aliphatic rings. The van der Waals surface area contributed by atoms with Gasteiger partial charge in [-0.15, -0.1) is 0 Å². The van der Waals surface area contributed by atoms with Gasteiger partial charge in [0.05, 0.1) is 0 Å². The van der Waals surface area contributed by atoms with Crippen LogP contribution in [-0.2, 0) is 6.54 Å². The van der Waals surface area contributed by atoms with Crippen LogP contribution in [0.5, 0.6) is 0 Å². The van der Waals surface area contributed by atoms with Crippen molar-refractivity contribution in [1.82, 2.24) is 10.2 Å². The molecule has 2 nitrogen and oxygen atoms in total. The molecule has 1 aromatic rings. The highest BCUT2D eigenvalue weighted by molar-refractivity contribution is 5.30. The Labute approximate surface area is 123 Å². The van der Waals surface area contributed by atoms with Crippen molar-refractivity contribution in [1.29, 1.82) is 0 Å². The van der Waals surface area contributed by atoms with Gasteiger partial charge in [0.15, 0.2) is 0 Å². The third kappa shape index (κ3) is 3.07. The molecule has 0 amide bonds. The minimum Gasteiger partial charge on any atom is -0.315 e. The fraction of sp³-hybridized carbons (Fsp3) is 0.667. The zero-order valence-electron chi connectivity index (χ0n) is 13.0. The van der Waals surface area contributed by atoms with E-state index in [0.717, 1.165) is 18.6 Å². The second-order valence-electron chi connectivity index (χ2n) is 6.69. The van der Waals surface area contributed by atoms with Gasteiger partial charge in [-0.05, 0) is 50.8 Å². The van der Waals surface area contributed by atoms with Crippen LogP contribution in [0.4, 0.5) is 0 Å². The van der Waals surface area contributed by atoms with Crippen LogP contribution < -0.4 is 5.32 Å². The molecule has 1 aliphatic heterocycles. The molecule has 1 atom stereocenters. The normalized spacial score (nSPS) is 23.9. The molecule has 110 valence electrons. The average Bonchev–Trinajstić information content (AvgIpc) is 3.11. The first kappa shape index (κ1) is 14.1. The molecule has 1 saturated carbocycles. The lowest BCUT2D eigenvalue weighted by atomic mass is 10.0. The third-order valence-corrected chi connectivity index (χ3v) is 5.15. The van der Waals surface area contributed by atoms with E-state index in [9.17, 15) is 0 Å². The summed E-state index contributed by atoms with van der Waals surface area (Å²) in [5, 5.41) is 3.54. The predicted octanol–water partition coefficient (Wildman–Crippen LogP) is 3.41. The Kier molecular flexibility index (Phi) is 4.42. The Morgan fingerprint density at radius 1 is 1.10 bits per heavy atom. The van der Waals surface area contributed by atoms with Crippen LogP contribution in [0.1, 0.15) is 48.8 Å². The van der Waals surface area contributed by atoms with Gasteiger partial charge in [0.2, 0.25) is 0 Å². The van der Waals surface area contributed by atoms with Gasteiger partial charge in [-0.2, -0.15) is 0 Å². The molecule has 1 N–H and O–H groups in total. The SMILES string of the molecule is Cc1ccc(CN(C2CCCC2)[C@H]2CCNC2)c(C)c1. The van der Waals surface area contributed by atoms with E-state index in [4.69, 9.17) is 0 Å². The third-order valence-electron chi connectivity index (χ3n) is 5.15. The molecule has 2 fully saturated rings. The van der Waals surface area contributed by atoms with Gasteiger partial charge in [-0.25, -0.2) is 0 Å². The van der Waals surface area contributed by atoms with Gasteiger partial charge in [-0.3, -0.25) is 4.90 Å². The van der Waals surface area contributed by atoms with Gasteiger partial charge < -0.3 is 5.32 Å². The van der Waals surface area contributed by atoms with Crippen LogP contribution in [-0.4, -0.2) is 30.1 Å². The number of rotatable bonds is 4. The first-order valence-corrected chi connectivity index (χ1v) is 8.26. The van der Waals surface area contributed by atoms with Crippen LogP contribution in [0.2, 0.25) is 0 Å². The topological polar surface area (TPSA) is 15.3 Å². The smallest absolute Gasteiger partial charge is 0.0242 e. The zero-order chi connectivity index (χ0) is 13.9. The molecule has 3 rings (SSSR count). The summed E-state index contributed by atoms with van der Waals surface area (Å²) in [5.74, 6) is 0. The molecule has 1 heterocycles. The Morgan fingerprint density at radius 2 is 1.90 bits per heavy atom. The highest BCUT2D eigenvalue weighted by Crippen LogP contribution is 2.29. The van der Waals surface area contributed by atoms with E-state index >= 15 is 0 Å². The maximum atomic E-state index is 3.54. The summed E-state index contributed by atoms with van der Waals surface area (Å²) in [6, 6.07) is 8.51. The van der Waals surface area contributed by atoms with Crippen molar-refractivity contribution in [3.8, 4) is 0 Å². The molecule has 1 aliphatic carbocycles. The number of benzene rings is 1. The number of nitrogens with zero attached hydrogens (tertiary/aromatic N) is 1. The zero-order valence-corrected chi connectivity index (χ0v) is 13.0. The van der Waals surface area contributed by atoms with E-state index < -0.39 is 0 Å². The minimum absolute atomic E-state index is 0.749. The van der Waals surface area contributed by atoms with Crippen LogP contribution in [0.3, 0.4) is 0 Å². The second kappa shape index (κ2) is 6.28. The minimum atomic E-state index is 0.749. The number of aryl methyl sites for hydroxylation is 2. The molecule has 0 unspecified atom stereocenters. The summed E-state index contributed by atoms with van der Waals surface area (Å²) < 4.78 is 0. The summed E-state index contributed by atoms with van der Waals surface area (Å²) in [5.41, 5.74) is 4.36. The van der Waals surface area contributed by atoms with Crippen molar-refractivity contribution in [3.05, 3.63) is 34.9 Å². The van der Waals surface area contributed by atoms with Crippen molar-refractivity contribution in [2.75, 3.05) is 13.1 Å². The summed E-state index contributed by atoms with van der Waals surface area (Å²) in [6.07, 6.45) is 6.98. The molecule has 2 heteroatoms. The van der Waals surface area contributed by atoms with Crippen LogP contribution >= 0.6 is 0 Å². The molecule has 1 aromatic carbocycles. The van der Waals surface area contributed by atoms with E-state index in [1.807, 2.05) is 0 Å². The summed E-state index contributed by atoms with van der Waals surface area (Å²) >= 11 is 0. The van der Waals surface area contributed by atoms with E-state index in [-0.39, 0.29) is 0 Å². The van der Waals surface area contributed by atoms with Gasteiger partial charge >= 0.3 is 0 Å². The molecule has 20 heavy (non-hydrogen) atoms. The second-order valence-corrected chi connectivity index (χ2v) is 6.69. The molecule has 1 saturated heterocycles. The van der Waals surface area contributed by atoms with E-state index in [0.29, 0.717) is 0 Å². The van der Waals surface area contributed by atoms with Gasteiger partial charge in [0, 0.05) is 25.2 Å². The van der Waals surface area contributed by atoms with E-state index in [1.54, 1.807) is 0 Å². The number of nitrogens with one attached hydrogen (secondary N) is 1. The molecule has 0 spiro atoms. The van der Waals surface area contributed by atoms with Gasteiger partial charge in [-0.1, -0.05) is 36.6 Å². The molecule has 0 bridgehead atoms. The molecule has 0 aromatic heterocycles. The Morgan fingerprint density at radius 3 is 2.55 bits per heavy atom. The summed E-state index contributed by atoms with van der Waals surface area (Å²) in [4.78, 5) is 2.81. The predicted molar refractivity (Wildman–Crippen MR) is 85.0 cm³/mol. The van der Waals surface area contributed by atoms with Crippen LogP contribution in [0.15, 0.2) is 18.2 Å². The largest absolute Gasteiger partial charge is 0.315 e. The maximum absolute atomic E-state index is 3.54. The average molecular weight is 272 g/mol. The Balaban J connectivity index is 1.77. The monoisotopic (exact) mass is 272 g/mol. The molecular weight excluding hydrogens is 244 g/mol. The highest BCUT2D eigenvalue weighted by Gasteiger charge is 2.30. The van der Waals surface area contributed by atoms with Crippen molar-refractivity contribution in [2.24, 2.45) is 0 Å². The maximum Gasteiger partial charge on any atom is 0.0242 e.